The molecule has 2 atom stereocenters. The number of anilines is 1. The zero-order valence-corrected chi connectivity index (χ0v) is 17.9. The molecule has 0 aliphatic carbocycles. The standard InChI is InChI=1S/C24H28N6O/c1-17(18-8-3-2-4-9-18)23(31)30-15-7-10-21(30)22-19(16-26-28-22)20-11-12-25-24(27-20)29-13-5-6-14-29/h2-4,8-9,11-12,16-17,21H,5-7,10,13-15H2,1H3,(H,26,28)/t17-,21+/m0/s1. The Kier molecular flexibility index (Phi) is 5.40. The van der Waals surface area contributed by atoms with Gasteiger partial charge in [0.2, 0.25) is 11.9 Å². The fourth-order valence-corrected chi connectivity index (χ4v) is 4.79. The van der Waals surface area contributed by atoms with Gasteiger partial charge in [-0.1, -0.05) is 30.3 Å². The molecule has 0 spiro atoms. The average molecular weight is 417 g/mol. The smallest absolute Gasteiger partial charge is 0.230 e. The van der Waals surface area contributed by atoms with Gasteiger partial charge in [-0.25, -0.2) is 9.97 Å². The van der Waals surface area contributed by atoms with E-state index in [1.807, 2.05) is 60.6 Å². The van der Waals surface area contributed by atoms with Gasteiger partial charge >= 0.3 is 0 Å². The number of H-pyrrole nitrogens is 1. The van der Waals surface area contributed by atoms with E-state index in [-0.39, 0.29) is 17.9 Å². The van der Waals surface area contributed by atoms with Crippen molar-refractivity contribution in [2.24, 2.45) is 0 Å². The summed E-state index contributed by atoms with van der Waals surface area (Å²) in [7, 11) is 0. The van der Waals surface area contributed by atoms with Crippen LogP contribution in [-0.2, 0) is 4.79 Å². The van der Waals surface area contributed by atoms with E-state index in [1.54, 1.807) is 0 Å². The van der Waals surface area contributed by atoms with Crippen LogP contribution in [0.2, 0.25) is 0 Å². The number of aromatic amines is 1. The normalized spacial score (nSPS) is 19.7. The highest BCUT2D eigenvalue weighted by Gasteiger charge is 2.35. The lowest BCUT2D eigenvalue weighted by Gasteiger charge is -2.27. The van der Waals surface area contributed by atoms with Gasteiger partial charge in [0.1, 0.15) is 0 Å². The second-order valence-electron chi connectivity index (χ2n) is 8.46. The first kappa shape index (κ1) is 19.7. The van der Waals surface area contributed by atoms with E-state index in [0.29, 0.717) is 0 Å². The number of aromatic nitrogens is 4. The molecule has 5 rings (SSSR count). The van der Waals surface area contributed by atoms with E-state index in [1.165, 1.54) is 12.8 Å². The number of carbonyl (C=O) groups is 1. The van der Waals surface area contributed by atoms with Gasteiger partial charge in [0.15, 0.2) is 0 Å². The number of benzene rings is 1. The van der Waals surface area contributed by atoms with Crippen molar-refractivity contribution in [3.05, 3.63) is 60.0 Å². The van der Waals surface area contributed by atoms with Crippen molar-refractivity contribution in [2.45, 2.75) is 44.6 Å². The summed E-state index contributed by atoms with van der Waals surface area (Å²) in [6.45, 7) is 4.77. The quantitative estimate of drug-likeness (QED) is 0.682. The SMILES string of the molecule is C[C@H](C(=O)N1CCC[C@@H]1c1[nH]ncc1-c1ccnc(N2CCCC2)n1)c1ccccc1. The molecule has 4 heterocycles. The molecule has 2 aliphatic rings. The van der Waals surface area contributed by atoms with Crippen molar-refractivity contribution in [3.63, 3.8) is 0 Å². The lowest BCUT2D eigenvalue weighted by Crippen LogP contribution is -2.34. The highest BCUT2D eigenvalue weighted by atomic mass is 16.2. The summed E-state index contributed by atoms with van der Waals surface area (Å²) in [6, 6.07) is 11.9. The molecule has 7 nitrogen and oxygen atoms in total. The van der Waals surface area contributed by atoms with Crippen molar-refractivity contribution in [3.8, 4) is 11.3 Å². The van der Waals surface area contributed by atoms with E-state index in [2.05, 4.69) is 20.1 Å². The number of likely N-dealkylation sites (tertiary alicyclic amines) is 1. The van der Waals surface area contributed by atoms with Crippen molar-refractivity contribution in [2.75, 3.05) is 24.5 Å². The van der Waals surface area contributed by atoms with Crippen LogP contribution in [0, 0.1) is 0 Å². The third-order valence-electron chi connectivity index (χ3n) is 6.52. The number of rotatable bonds is 5. The lowest BCUT2D eigenvalue weighted by molar-refractivity contribution is -0.133. The largest absolute Gasteiger partial charge is 0.341 e. The predicted octanol–water partition coefficient (Wildman–Crippen LogP) is 3.93. The summed E-state index contributed by atoms with van der Waals surface area (Å²) in [6.07, 6.45) is 7.92. The fourth-order valence-electron chi connectivity index (χ4n) is 4.79. The maximum Gasteiger partial charge on any atom is 0.230 e. The van der Waals surface area contributed by atoms with Gasteiger partial charge in [-0.15, -0.1) is 0 Å². The highest BCUT2D eigenvalue weighted by molar-refractivity contribution is 5.84. The second-order valence-corrected chi connectivity index (χ2v) is 8.46. The molecule has 3 aromatic rings. The average Bonchev–Trinajstić information content (AvgIpc) is 3.59. The van der Waals surface area contributed by atoms with E-state index >= 15 is 0 Å². The van der Waals surface area contributed by atoms with Crippen LogP contribution in [0.25, 0.3) is 11.3 Å². The van der Waals surface area contributed by atoms with Gasteiger partial charge in [-0.2, -0.15) is 5.10 Å². The molecule has 1 amide bonds. The summed E-state index contributed by atoms with van der Waals surface area (Å²) in [4.78, 5) is 26.9. The van der Waals surface area contributed by atoms with E-state index in [0.717, 1.165) is 60.9 Å². The summed E-state index contributed by atoms with van der Waals surface area (Å²) in [5, 5.41) is 7.51. The second kappa shape index (κ2) is 8.49. The summed E-state index contributed by atoms with van der Waals surface area (Å²) in [5.74, 6) is 0.767. The molecular weight excluding hydrogens is 388 g/mol. The molecule has 31 heavy (non-hydrogen) atoms. The van der Waals surface area contributed by atoms with Crippen molar-refractivity contribution < 1.29 is 4.79 Å². The Hall–Kier alpha value is -3.22. The zero-order chi connectivity index (χ0) is 21.2. The molecule has 160 valence electrons. The molecule has 7 heteroatoms. The van der Waals surface area contributed by atoms with Crippen LogP contribution in [0.5, 0.6) is 0 Å². The molecule has 2 aromatic heterocycles. The maximum atomic E-state index is 13.4. The van der Waals surface area contributed by atoms with Crippen LogP contribution in [-0.4, -0.2) is 50.6 Å². The third-order valence-corrected chi connectivity index (χ3v) is 6.52. The highest BCUT2D eigenvalue weighted by Crippen LogP contribution is 2.38. The summed E-state index contributed by atoms with van der Waals surface area (Å²) < 4.78 is 0. The number of amides is 1. The van der Waals surface area contributed by atoms with Crippen LogP contribution in [0.3, 0.4) is 0 Å². The number of hydrogen-bond acceptors (Lipinski definition) is 5. The minimum absolute atomic E-state index is 0.0126. The number of nitrogens with zero attached hydrogens (tertiary/aromatic N) is 5. The van der Waals surface area contributed by atoms with Crippen molar-refractivity contribution >= 4 is 11.9 Å². The molecule has 0 saturated carbocycles. The topological polar surface area (TPSA) is 78.0 Å². The molecule has 1 aromatic carbocycles. The first-order valence-electron chi connectivity index (χ1n) is 11.2. The first-order valence-corrected chi connectivity index (χ1v) is 11.2. The molecule has 2 fully saturated rings. The number of carbonyl (C=O) groups excluding carboxylic acids is 1. The van der Waals surface area contributed by atoms with E-state index < -0.39 is 0 Å². The molecule has 2 aliphatic heterocycles. The van der Waals surface area contributed by atoms with Gasteiger partial charge < -0.3 is 9.80 Å². The van der Waals surface area contributed by atoms with Gasteiger partial charge in [-0.3, -0.25) is 9.89 Å². The molecule has 0 unspecified atom stereocenters. The zero-order valence-electron chi connectivity index (χ0n) is 17.9. The van der Waals surface area contributed by atoms with Gasteiger partial charge in [0.05, 0.1) is 29.5 Å². The molecule has 2 saturated heterocycles. The minimum atomic E-state index is -0.172. The van der Waals surface area contributed by atoms with Crippen molar-refractivity contribution in [1.29, 1.82) is 0 Å². The summed E-state index contributed by atoms with van der Waals surface area (Å²) in [5.41, 5.74) is 3.84. The predicted molar refractivity (Wildman–Crippen MR) is 120 cm³/mol. The Morgan fingerprint density at radius 3 is 2.71 bits per heavy atom. The van der Waals surface area contributed by atoms with Gasteiger partial charge in [-0.05, 0) is 44.2 Å². The van der Waals surface area contributed by atoms with Gasteiger partial charge in [0.25, 0.3) is 0 Å². The Morgan fingerprint density at radius 2 is 1.90 bits per heavy atom. The third kappa shape index (κ3) is 3.80. The summed E-state index contributed by atoms with van der Waals surface area (Å²) >= 11 is 0. The van der Waals surface area contributed by atoms with Crippen LogP contribution in [0.15, 0.2) is 48.8 Å². The fraction of sp³-hybridized carbons (Fsp3) is 0.417. The Bertz CT molecular complexity index is 1040. The van der Waals surface area contributed by atoms with E-state index in [9.17, 15) is 4.79 Å². The maximum absolute atomic E-state index is 13.4. The molecule has 0 radical (unpaired) electrons. The van der Waals surface area contributed by atoms with Crippen LogP contribution >= 0.6 is 0 Å². The van der Waals surface area contributed by atoms with Crippen molar-refractivity contribution in [1.82, 2.24) is 25.1 Å². The monoisotopic (exact) mass is 416 g/mol. The number of hydrogen-bond donors (Lipinski definition) is 1. The molecular formula is C24H28N6O. The minimum Gasteiger partial charge on any atom is -0.341 e. The Labute approximate surface area is 182 Å². The molecule has 0 bridgehead atoms. The first-order chi connectivity index (χ1) is 15.2. The van der Waals surface area contributed by atoms with E-state index in [4.69, 9.17) is 4.98 Å². The lowest BCUT2D eigenvalue weighted by atomic mass is 9.98. The Balaban J connectivity index is 1.42. The van der Waals surface area contributed by atoms with Crippen LogP contribution in [0.1, 0.15) is 55.8 Å². The van der Waals surface area contributed by atoms with Gasteiger partial charge in [0, 0.05) is 31.4 Å². The van der Waals surface area contributed by atoms with Crippen LogP contribution in [0.4, 0.5) is 5.95 Å². The Morgan fingerprint density at radius 1 is 1.10 bits per heavy atom. The molecule has 1 N–H and O–H groups in total. The number of nitrogens with one attached hydrogen (secondary N) is 1. The van der Waals surface area contributed by atoms with Crippen LogP contribution < -0.4 is 4.90 Å².